The van der Waals surface area contributed by atoms with Gasteiger partial charge in [-0.2, -0.15) is 0 Å². The van der Waals surface area contributed by atoms with Gasteiger partial charge in [-0.15, -0.1) is 0 Å². The van der Waals surface area contributed by atoms with Crippen LogP contribution >= 0.6 is 11.6 Å². The number of carboxylic acid groups (broad SMARTS) is 1. The molecule has 0 spiro atoms. The minimum absolute atomic E-state index is 0.0968. The number of likely N-dealkylation sites (tertiary alicyclic amines) is 1. The number of methoxy groups -OCH3 is 1. The molecule has 1 fully saturated rings. The maximum Gasteiger partial charge on any atom is 0.335 e. The van der Waals surface area contributed by atoms with Crippen molar-refractivity contribution < 1.29 is 33.8 Å². The minimum atomic E-state index is -1.20. The molecule has 0 bridgehead atoms. The molecule has 2 aromatic carbocycles. The fraction of sp³-hybridized carbons (Fsp3) is 0.370. The molecule has 0 aromatic heterocycles. The van der Waals surface area contributed by atoms with Gasteiger partial charge in [-0.05, 0) is 61.2 Å². The molecule has 3 amide bonds. The molecule has 1 aliphatic rings. The number of amides is 3. The molecule has 1 unspecified atom stereocenters. The summed E-state index contributed by atoms with van der Waals surface area (Å²) in [6.45, 7) is 1.36. The number of carboxylic acids is 1. The summed E-state index contributed by atoms with van der Waals surface area (Å²) in [4.78, 5) is 64.2. The molecule has 0 radical (unpaired) electrons. The number of nitrogens with zero attached hydrogens (tertiary/aromatic N) is 1. The molecule has 3 rings (SSSR count). The highest BCUT2D eigenvalue weighted by Gasteiger charge is 2.35. The third-order valence-electron chi connectivity index (χ3n) is 6.49. The number of nitrogens with one attached hydrogen (secondary N) is 1. The first kappa shape index (κ1) is 28.6. The molecule has 38 heavy (non-hydrogen) atoms. The van der Waals surface area contributed by atoms with Gasteiger partial charge < -0.3 is 20.9 Å². The number of rotatable bonds is 9. The Labute approximate surface area is 225 Å². The maximum atomic E-state index is 13.4. The van der Waals surface area contributed by atoms with E-state index >= 15 is 0 Å². The van der Waals surface area contributed by atoms with Crippen molar-refractivity contribution in [2.45, 2.75) is 39.0 Å². The van der Waals surface area contributed by atoms with Gasteiger partial charge in [0, 0.05) is 41.1 Å². The number of carbonyl (C=O) groups excluding carboxylic acids is 4. The topological polar surface area (TPSA) is 156 Å². The van der Waals surface area contributed by atoms with Gasteiger partial charge in [0.05, 0.1) is 19.2 Å². The largest absolute Gasteiger partial charge is 0.496 e. The van der Waals surface area contributed by atoms with Crippen LogP contribution in [0.4, 0.5) is 11.4 Å². The van der Waals surface area contributed by atoms with E-state index in [4.69, 9.17) is 22.1 Å². The predicted octanol–water partition coefficient (Wildman–Crippen LogP) is 3.56. The zero-order valence-electron chi connectivity index (χ0n) is 21.2. The van der Waals surface area contributed by atoms with Gasteiger partial charge in [0.25, 0.3) is 0 Å². The molecule has 11 heteroatoms. The summed E-state index contributed by atoms with van der Waals surface area (Å²) in [5.74, 6) is -4.02. The lowest BCUT2D eigenvalue weighted by molar-refractivity contribution is -0.149. The number of halogens is 1. The molecular formula is C27H30ClN3O7. The van der Waals surface area contributed by atoms with Crippen LogP contribution in [0.5, 0.6) is 5.75 Å². The number of carbonyl (C=O) groups is 5. The van der Waals surface area contributed by atoms with Gasteiger partial charge >= 0.3 is 5.97 Å². The quantitative estimate of drug-likeness (QED) is 0.405. The normalized spacial score (nSPS) is 16.5. The summed E-state index contributed by atoms with van der Waals surface area (Å²) < 4.78 is 5.37. The molecule has 4 N–H and O–H groups in total. The van der Waals surface area contributed by atoms with Gasteiger partial charge in [-0.1, -0.05) is 18.5 Å². The van der Waals surface area contributed by atoms with E-state index < -0.39 is 35.5 Å². The minimum Gasteiger partial charge on any atom is -0.496 e. The number of imide groups is 1. The summed E-state index contributed by atoms with van der Waals surface area (Å²) in [6.07, 6.45) is 0.615. The van der Waals surface area contributed by atoms with Crippen molar-refractivity contribution in [3.8, 4) is 5.75 Å². The monoisotopic (exact) mass is 543 g/mol. The highest BCUT2D eigenvalue weighted by Crippen LogP contribution is 2.29. The van der Waals surface area contributed by atoms with Crippen LogP contribution in [-0.4, -0.2) is 53.1 Å². The number of ether oxygens (including phenoxy) is 1. The third-order valence-corrected chi connectivity index (χ3v) is 6.72. The van der Waals surface area contributed by atoms with Gasteiger partial charge in [0.15, 0.2) is 5.78 Å². The number of Topliss-reactive ketones (excluding diaryl/α,β-unsaturated/α-hetero) is 1. The van der Waals surface area contributed by atoms with E-state index in [9.17, 15) is 29.1 Å². The Morgan fingerprint density at radius 1 is 1.21 bits per heavy atom. The van der Waals surface area contributed by atoms with Crippen molar-refractivity contribution >= 4 is 52.4 Å². The van der Waals surface area contributed by atoms with E-state index in [2.05, 4.69) is 5.32 Å². The Hall–Kier alpha value is -3.92. The molecule has 202 valence electrons. The van der Waals surface area contributed by atoms with Crippen molar-refractivity contribution in [2.75, 3.05) is 24.7 Å². The van der Waals surface area contributed by atoms with Gasteiger partial charge in [0.1, 0.15) is 5.75 Å². The molecule has 1 saturated heterocycles. The molecule has 1 aliphatic heterocycles. The van der Waals surface area contributed by atoms with Crippen molar-refractivity contribution in [1.29, 1.82) is 0 Å². The second-order valence-electron chi connectivity index (χ2n) is 9.20. The zero-order valence-corrected chi connectivity index (χ0v) is 21.9. The highest BCUT2D eigenvalue weighted by molar-refractivity contribution is 6.30. The summed E-state index contributed by atoms with van der Waals surface area (Å²) in [5.41, 5.74) is 6.66. The number of hydrogen-bond donors (Lipinski definition) is 3. The summed E-state index contributed by atoms with van der Waals surface area (Å²) in [6, 6.07) is 8.98. The lowest BCUT2D eigenvalue weighted by Gasteiger charge is -2.24. The fourth-order valence-electron chi connectivity index (χ4n) is 4.42. The molecule has 1 heterocycles. The molecular weight excluding hydrogens is 514 g/mol. The van der Waals surface area contributed by atoms with Crippen molar-refractivity contribution in [3.63, 3.8) is 0 Å². The number of anilines is 2. The van der Waals surface area contributed by atoms with Crippen LogP contribution in [-0.2, 0) is 25.6 Å². The number of aromatic carboxylic acids is 1. The van der Waals surface area contributed by atoms with E-state index in [0.29, 0.717) is 16.3 Å². The summed E-state index contributed by atoms with van der Waals surface area (Å²) >= 11 is 6.12. The second kappa shape index (κ2) is 12.6. The van der Waals surface area contributed by atoms with Crippen molar-refractivity contribution in [2.24, 2.45) is 11.8 Å². The molecule has 2 atom stereocenters. The van der Waals surface area contributed by atoms with Crippen molar-refractivity contribution in [3.05, 3.63) is 52.5 Å². The second-order valence-corrected chi connectivity index (χ2v) is 9.64. The number of benzene rings is 2. The maximum absolute atomic E-state index is 13.4. The first-order valence-electron chi connectivity index (χ1n) is 12.1. The molecule has 2 aromatic rings. The summed E-state index contributed by atoms with van der Waals surface area (Å²) in [7, 11) is 1.50. The Kier molecular flexibility index (Phi) is 9.46. The van der Waals surface area contributed by atoms with Crippen LogP contribution in [0.1, 0.15) is 48.5 Å². The van der Waals surface area contributed by atoms with Crippen LogP contribution in [0, 0.1) is 11.8 Å². The third kappa shape index (κ3) is 7.10. The Balaban J connectivity index is 1.75. The first-order chi connectivity index (χ1) is 18.0. The Morgan fingerprint density at radius 3 is 2.61 bits per heavy atom. The van der Waals surface area contributed by atoms with Crippen LogP contribution in [0.15, 0.2) is 36.4 Å². The fourth-order valence-corrected chi connectivity index (χ4v) is 4.61. The smallest absolute Gasteiger partial charge is 0.335 e. The molecule has 0 aliphatic carbocycles. The van der Waals surface area contributed by atoms with Crippen LogP contribution < -0.4 is 15.8 Å². The van der Waals surface area contributed by atoms with E-state index in [1.54, 1.807) is 25.1 Å². The Morgan fingerprint density at radius 2 is 1.95 bits per heavy atom. The van der Waals surface area contributed by atoms with E-state index in [1.807, 2.05) is 0 Å². The van der Waals surface area contributed by atoms with Gasteiger partial charge in [-0.25, -0.2) is 4.79 Å². The lowest BCUT2D eigenvalue weighted by atomic mass is 9.93. The van der Waals surface area contributed by atoms with E-state index in [0.717, 1.165) is 4.90 Å². The van der Waals surface area contributed by atoms with Crippen LogP contribution in [0.2, 0.25) is 5.02 Å². The average molecular weight is 544 g/mol. The number of nitrogen functional groups attached to an aromatic ring is 1. The van der Waals surface area contributed by atoms with Crippen LogP contribution in [0.3, 0.4) is 0 Å². The summed E-state index contributed by atoms with van der Waals surface area (Å²) in [5, 5.41) is 12.3. The predicted molar refractivity (Wildman–Crippen MR) is 141 cm³/mol. The zero-order chi connectivity index (χ0) is 28.0. The van der Waals surface area contributed by atoms with E-state index in [1.165, 1.54) is 25.3 Å². The average Bonchev–Trinajstić information content (AvgIpc) is 3.00. The van der Waals surface area contributed by atoms with E-state index in [-0.39, 0.29) is 61.4 Å². The highest BCUT2D eigenvalue weighted by atomic mass is 35.5. The SMILES string of the molecule is CC[C@@H](CC(=O)N1CC(=O)CCC(Cc2cc(Cl)ccc2OC)C1=O)C(=O)Nc1cc(N)cc(C(=O)O)c1. The Bertz CT molecular complexity index is 1260. The number of hydrogen-bond acceptors (Lipinski definition) is 7. The van der Waals surface area contributed by atoms with Crippen molar-refractivity contribution in [1.82, 2.24) is 4.90 Å². The van der Waals surface area contributed by atoms with Gasteiger partial charge in [-0.3, -0.25) is 24.1 Å². The molecule has 0 saturated carbocycles. The standard InChI is InChI=1S/C27H30ClN3O7/c1-3-15(25(34)30-21-11-18(27(36)37)10-20(29)13-21)12-24(33)31-14-22(32)6-4-16(26(31)35)8-17-9-19(28)5-7-23(17)38-2/h5,7,9-11,13,15-16H,3-4,6,8,12,14,29H2,1-2H3,(H,30,34)(H,36,37)/t15-,16?/m0/s1. The number of nitrogens with two attached hydrogens (primary N) is 1. The number of ketones is 1. The van der Waals surface area contributed by atoms with Crippen LogP contribution in [0.25, 0.3) is 0 Å². The van der Waals surface area contributed by atoms with Gasteiger partial charge in [0.2, 0.25) is 17.7 Å². The molecule has 10 nitrogen and oxygen atoms in total. The first-order valence-corrected chi connectivity index (χ1v) is 12.5. The lowest BCUT2D eigenvalue weighted by Crippen LogP contribution is -2.43.